The van der Waals surface area contributed by atoms with E-state index in [9.17, 15) is 0 Å². The quantitative estimate of drug-likeness (QED) is 0.810. The zero-order chi connectivity index (χ0) is 15.1. The van der Waals surface area contributed by atoms with E-state index in [2.05, 4.69) is 30.0 Å². The Morgan fingerprint density at radius 1 is 1.19 bits per heavy atom. The first-order valence-electron chi connectivity index (χ1n) is 7.41. The van der Waals surface area contributed by atoms with E-state index in [4.69, 9.17) is 15.2 Å². The second-order valence-corrected chi connectivity index (χ2v) is 5.08. The highest BCUT2D eigenvalue weighted by Crippen LogP contribution is 2.25. The molecule has 1 atom stereocenters. The van der Waals surface area contributed by atoms with Gasteiger partial charge >= 0.3 is 0 Å². The number of nitrogens with zero attached hydrogens (tertiary/aromatic N) is 1. The average molecular weight is 288 g/mol. The highest BCUT2D eigenvalue weighted by atomic mass is 16.5. The summed E-state index contributed by atoms with van der Waals surface area (Å²) in [6.07, 6.45) is 6.27. The molecule has 2 N–H and O–H groups in total. The van der Waals surface area contributed by atoms with Crippen LogP contribution in [0.2, 0.25) is 0 Å². The SMILES string of the molecule is CCCC(N)c1ccn(CCOc2ccccc2OC)c1. The van der Waals surface area contributed by atoms with Gasteiger partial charge < -0.3 is 19.8 Å². The predicted molar refractivity (Wildman–Crippen MR) is 84.8 cm³/mol. The second-order valence-electron chi connectivity index (χ2n) is 5.08. The van der Waals surface area contributed by atoms with Gasteiger partial charge in [0.05, 0.1) is 13.7 Å². The Morgan fingerprint density at radius 3 is 2.67 bits per heavy atom. The first kappa shape index (κ1) is 15.4. The van der Waals surface area contributed by atoms with E-state index in [0.29, 0.717) is 6.61 Å². The number of nitrogens with two attached hydrogens (primary N) is 1. The lowest BCUT2D eigenvalue weighted by molar-refractivity contribution is 0.280. The molecular weight excluding hydrogens is 264 g/mol. The molecule has 0 spiro atoms. The zero-order valence-corrected chi connectivity index (χ0v) is 12.8. The number of ether oxygens (including phenoxy) is 2. The molecular formula is C17H24N2O2. The first-order chi connectivity index (χ1) is 10.2. The molecule has 0 aliphatic rings. The fourth-order valence-electron chi connectivity index (χ4n) is 2.29. The van der Waals surface area contributed by atoms with E-state index in [-0.39, 0.29) is 6.04 Å². The van der Waals surface area contributed by atoms with E-state index in [1.807, 2.05) is 24.3 Å². The van der Waals surface area contributed by atoms with Crippen LogP contribution in [0.3, 0.4) is 0 Å². The summed E-state index contributed by atoms with van der Waals surface area (Å²) in [6, 6.07) is 9.90. The summed E-state index contributed by atoms with van der Waals surface area (Å²) in [4.78, 5) is 0. The lowest BCUT2D eigenvalue weighted by Gasteiger charge is -2.11. The minimum atomic E-state index is 0.131. The third kappa shape index (κ3) is 4.26. The standard InChI is InChI=1S/C17H24N2O2/c1-3-6-15(18)14-9-10-19(13-14)11-12-21-17-8-5-4-7-16(17)20-2/h4-5,7-10,13,15H,3,6,11-12,18H2,1-2H3. The van der Waals surface area contributed by atoms with Gasteiger partial charge in [0.15, 0.2) is 11.5 Å². The van der Waals surface area contributed by atoms with Crippen molar-refractivity contribution < 1.29 is 9.47 Å². The van der Waals surface area contributed by atoms with Gasteiger partial charge in [0.25, 0.3) is 0 Å². The highest BCUT2D eigenvalue weighted by Gasteiger charge is 2.07. The summed E-state index contributed by atoms with van der Waals surface area (Å²) >= 11 is 0. The maximum atomic E-state index is 6.12. The van der Waals surface area contributed by atoms with Gasteiger partial charge in [-0.3, -0.25) is 0 Å². The maximum absolute atomic E-state index is 6.12. The Balaban J connectivity index is 1.86. The van der Waals surface area contributed by atoms with Crippen molar-refractivity contribution in [1.29, 1.82) is 0 Å². The predicted octanol–water partition coefficient (Wildman–Crippen LogP) is 3.38. The first-order valence-corrected chi connectivity index (χ1v) is 7.41. The van der Waals surface area contributed by atoms with Crippen molar-refractivity contribution in [3.63, 3.8) is 0 Å². The molecule has 1 aromatic carbocycles. The van der Waals surface area contributed by atoms with Crippen LogP contribution in [0.15, 0.2) is 42.7 Å². The number of methoxy groups -OCH3 is 1. The molecule has 2 rings (SSSR count). The maximum Gasteiger partial charge on any atom is 0.161 e. The Labute approximate surface area is 126 Å². The molecule has 4 nitrogen and oxygen atoms in total. The Bertz CT molecular complexity index is 551. The van der Waals surface area contributed by atoms with Crippen LogP contribution >= 0.6 is 0 Å². The van der Waals surface area contributed by atoms with Crippen LogP contribution in [0.25, 0.3) is 0 Å². The molecule has 1 heterocycles. The number of benzene rings is 1. The van der Waals surface area contributed by atoms with Gasteiger partial charge in [0, 0.05) is 18.4 Å². The summed E-state index contributed by atoms with van der Waals surface area (Å²) in [5.41, 5.74) is 7.30. The Hall–Kier alpha value is -1.94. The molecule has 2 aromatic rings. The van der Waals surface area contributed by atoms with Gasteiger partial charge in [-0.05, 0) is 30.2 Å². The van der Waals surface area contributed by atoms with Crippen LogP contribution in [0.1, 0.15) is 31.4 Å². The van der Waals surface area contributed by atoms with E-state index >= 15 is 0 Å². The minimum Gasteiger partial charge on any atom is -0.493 e. The second kappa shape index (κ2) is 7.74. The van der Waals surface area contributed by atoms with Crippen LogP contribution in [-0.4, -0.2) is 18.3 Å². The normalized spacial score (nSPS) is 12.1. The molecule has 0 saturated heterocycles. The molecule has 4 heteroatoms. The van der Waals surface area contributed by atoms with Crippen LogP contribution < -0.4 is 15.2 Å². The number of aromatic nitrogens is 1. The molecule has 0 bridgehead atoms. The zero-order valence-electron chi connectivity index (χ0n) is 12.8. The van der Waals surface area contributed by atoms with Gasteiger partial charge in [-0.1, -0.05) is 25.5 Å². The van der Waals surface area contributed by atoms with Gasteiger partial charge in [0.2, 0.25) is 0 Å². The van der Waals surface area contributed by atoms with Gasteiger partial charge in [-0.2, -0.15) is 0 Å². The number of para-hydroxylation sites is 2. The summed E-state index contributed by atoms with van der Waals surface area (Å²) in [6.45, 7) is 3.53. The van der Waals surface area contributed by atoms with Crippen molar-refractivity contribution in [2.45, 2.75) is 32.4 Å². The van der Waals surface area contributed by atoms with Crippen molar-refractivity contribution in [2.75, 3.05) is 13.7 Å². The monoisotopic (exact) mass is 288 g/mol. The van der Waals surface area contributed by atoms with Crippen molar-refractivity contribution in [1.82, 2.24) is 4.57 Å². The fraction of sp³-hybridized carbons (Fsp3) is 0.412. The van der Waals surface area contributed by atoms with Crippen molar-refractivity contribution in [3.8, 4) is 11.5 Å². The lowest BCUT2D eigenvalue weighted by Crippen LogP contribution is -2.10. The van der Waals surface area contributed by atoms with E-state index in [1.165, 1.54) is 5.56 Å². The smallest absolute Gasteiger partial charge is 0.161 e. The summed E-state index contributed by atoms with van der Waals surface area (Å²) in [5.74, 6) is 1.53. The fourth-order valence-corrected chi connectivity index (χ4v) is 2.29. The topological polar surface area (TPSA) is 49.4 Å². The van der Waals surface area contributed by atoms with Crippen molar-refractivity contribution >= 4 is 0 Å². The molecule has 0 saturated carbocycles. The molecule has 1 aromatic heterocycles. The van der Waals surface area contributed by atoms with Gasteiger partial charge in [0.1, 0.15) is 6.61 Å². The third-order valence-electron chi connectivity index (χ3n) is 3.48. The molecule has 21 heavy (non-hydrogen) atoms. The van der Waals surface area contributed by atoms with Crippen LogP contribution in [0.4, 0.5) is 0 Å². The molecule has 0 amide bonds. The lowest BCUT2D eigenvalue weighted by atomic mass is 10.1. The molecule has 0 radical (unpaired) electrons. The average Bonchev–Trinajstić information content (AvgIpc) is 2.97. The van der Waals surface area contributed by atoms with Crippen LogP contribution in [0, 0.1) is 0 Å². The molecule has 0 aliphatic heterocycles. The number of rotatable bonds is 8. The van der Waals surface area contributed by atoms with Crippen LogP contribution in [-0.2, 0) is 6.54 Å². The van der Waals surface area contributed by atoms with Crippen LogP contribution in [0.5, 0.6) is 11.5 Å². The Morgan fingerprint density at radius 2 is 1.95 bits per heavy atom. The number of hydrogen-bond donors (Lipinski definition) is 1. The third-order valence-corrected chi connectivity index (χ3v) is 3.48. The number of hydrogen-bond acceptors (Lipinski definition) is 3. The summed E-state index contributed by atoms with van der Waals surface area (Å²) in [5, 5.41) is 0. The Kier molecular flexibility index (Phi) is 5.69. The molecule has 114 valence electrons. The highest BCUT2D eigenvalue weighted by molar-refractivity contribution is 5.39. The van der Waals surface area contributed by atoms with E-state index in [1.54, 1.807) is 7.11 Å². The van der Waals surface area contributed by atoms with Crippen molar-refractivity contribution in [3.05, 3.63) is 48.3 Å². The molecule has 1 unspecified atom stereocenters. The van der Waals surface area contributed by atoms with Gasteiger partial charge in [-0.15, -0.1) is 0 Å². The largest absolute Gasteiger partial charge is 0.493 e. The molecule has 0 fully saturated rings. The minimum absolute atomic E-state index is 0.131. The van der Waals surface area contributed by atoms with E-state index in [0.717, 1.165) is 30.9 Å². The molecule has 0 aliphatic carbocycles. The van der Waals surface area contributed by atoms with Crippen molar-refractivity contribution in [2.24, 2.45) is 5.73 Å². The summed E-state index contributed by atoms with van der Waals surface area (Å²) < 4.78 is 13.1. The van der Waals surface area contributed by atoms with E-state index < -0.39 is 0 Å². The summed E-state index contributed by atoms with van der Waals surface area (Å²) in [7, 11) is 1.65. The van der Waals surface area contributed by atoms with Gasteiger partial charge in [-0.25, -0.2) is 0 Å².